The van der Waals surface area contributed by atoms with Crippen LogP contribution >= 0.6 is 0 Å². The van der Waals surface area contributed by atoms with Gasteiger partial charge in [0.15, 0.2) is 0 Å². The van der Waals surface area contributed by atoms with E-state index in [1.165, 1.54) is 17.4 Å². The highest BCUT2D eigenvalue weighted by Gasteiger charge is 2.25. The van der Waals surface area contributed by atoms with Crippen molar-refractivity contribution in [3.05, 3.63) is 35.4 Å². The molecule has 2 rings (SSSR count). The molecule has 0 saturated heterocycles. The lowest BCUT2D eigenvalue weighted by atomic mass is 9.78. The molecule has 0 aliphatic heterocycles. The fourth-order valence-corrected chi connectivity index (χ4v) is 2.30. The largest absolute Gasteiger partial charge is 0.215 e. The molecule has 0 radical (unpaired) electrons. The number of rotatable bonds is 3. The SMILES string of the molecule is CS(=O)(=O)NCC1Cc2ccccc21. The zero-order valence-electron chi connectivity index (χ0n) is 8.03. The molecule has 1 aliphatic carbocycles. The summed E-state index contributed by atoms with van der Waals surface area (Å²) in [5.74, 6) is 0.362. The molecule has 1 N–H and O–H groups in total. The van der Waals surface area contributed by atoms with Crippen LogP contribution in [0.4, 0.5) is 0 Å². The fraction of sp³-hybridized carbons (Fsp3) is 0.400. The zero-order valence-corrected chi connectivity index (χ0v) is 8.84. The Kier molecular flexibility index (Phi) is 2.33. The van der Waals surface area contributed by atoms with E-state index in [2.05, 4.69) is 16.9 Å². The van der Waals surface area contributed by atoms with Crippen LogP contribution in [0, 0.1) is 0 Å². The fourth-order valence-electron chi connectivity index (χ4n) is 1.80. The van der Waals surface area contributed by atoms with Crippen LogP contribution < -0.4 is 4.72 Å². The summed E-state index contributed by atoms with van der Waals surface area (Å²) in [6.07, 6.45) is 2.18. The van der Waals surface area contributed by atoms with Gasteiger partial charge in [0.2, 0.25) is 10.0 Å². The summed E-state index contributed by atoms with van der Waals surface area (Å²) < 4.78 is 24.3. The molecule has 0 amide bonds. The molecule has 3 nitrogen and oxygen atoms in total. The molecule has 0 aromatic heterocycles. The van der Waals surface area contributed by atoms with E-state index in [1.807, 2.05) is 12.1 Å². The number of hydrogen-bond donors (Lipinski definition) is 1. The molecule has 1 aromatic rings. The second-order valence-corrected chi connectivity index (χ2v) is 5.55. The molecule has 0 spiro atoms. The maximum absolute atomic E-state index is 10.9. The van der Waals surface area contributed by atoms with E-state index in [0.29, 0.717) is 12.5 Å². The molecule has 4 heteroatoms. The first-order chi connectivity index (χ1) is 6.56. The highest BCUT2D eigenvalue weighted by molar-refractivity contribution is 7.88. The molecular formula is C10H13NO2S. The van der Waals surface area contributed by atoms with Crippen molar-refractivity contribution in [1.29, 1.82) is 0 Å². The minimum atomic E-state index is -3.05. The Labute approximate surface area is 84.2 Å². The quantitative estimate of drug-likeness (QED) is 0.806. The van der Waals surface area contributed by atoms with Crippen LogP contribution in [-0.2, 0) is 16.4 Å². The molecule has 1 unspecified atom stereocenters. The van der Waals surface area contributed by atoms with Crippen molar-refractivity contribution in [2.75, 3.05) is 12.8 Å². The predicted octanol–water partition coefficient (Wildman–Crippen LogP) is 0.875. The monoisotopic (exact) mass is 211 g/mol. The molecule has 0 heterocycles. The van der Waals surface area contributed by atoms with E-state index < -0.39 is 10.0 Å². The van der Waals surface area contributed by atoms with Gasteiger partial charge in [-0.15, -0.1) is 0 Å². The molecule has 76 valence electrons. The predicted molar refractivity (Wildman–Crippen MR) is 55.7 cm³/mol. The van der Waals surface area contributed by atoms with Crippen LogP contribution in [0.2, 0.25) is 0 Å². The molecule has 1 aliphatic rings. The van der Waals surface area contributed by atoms with E-state index in [9.17, 15) is 8.42 Å². The van der Waals surface area contributed by atoms with Gasteiger partial charge in [0.05, 0.1) is 6.26 Å². The second-order valence-electron chi connectivity index (χ2n) is 3.72. The lowest BCUT2D eigenvalue weighted by Gasteiger charge is -2.29. The van der Waals surface area contributed by atoms with Crippen LogP contribution in [0.25, 0.3) is 0 Å². The van der Waals surface area contributed by atoms with Crippen LogP contribution in [0.15, 0.2) is 24.3 Å². The van der Waals surface area contributed by atoms with Crippen LogP contribution in [0.3, 0.4) is 0 Å². The van der Waals surface area contributed by atoms with E-state index in [4.69, 9.17) is 0 Å². The number of hydrogen-bond acceptors (Lipinski definition) is 2. The van der Waals surface area contributed by atoms with Gasteiger partial charge >= 0.3 is 0 Å². The van der Waals surface area contributed by atoms with Gasteiger partial charge in [-0.2, -0.15) is 0 Å². The van der Waals surface area contributed by atoms with Crippen molar-refractivity contribution in [1.82, 2.24) is 4.72 Å². The third kappa shape index (κ3) is 1.96. The Bertz CT molecular complexity index is 439. The lowest BCUT2D eigenvalue weighted by molar-refractivity contribution is 0.556. The first-order valence-corrected chi connectivity index (χ1v) is 6.48. The standard InChI is InChI=1S/C10H13NO2S/c1-14(12,13)11-7-9-6-8-4-2-3-5-10(8)9/h2-5,9,11H,6-7H2,1H3. The molecule has 0 bridgehead atoms. The molecule has 14 heavy (non-hydrogen) atoms. The summed E-state index contributed by atoms with van der Waals surface area (Å²) in [5.41, 5.74) is 2.62. The molecule has 0 fully saturated rings. The van der Waals surface area contributed by atoms with E-state index in [0.717, 1.165) is 6.42 Å². The Balaban J connectivity index is 2.00. The van der Waals surface area contributed by atoms with Crippen LogP contribution in [0.5, 0.6) is 0 Å². The summed E-state index contributed by atoms with van der Waals surface area (Å²) in [7, 11) is -3.05. The second kappa shape index (κ2) is 3.37. The first-order valence-electron chi connectivity index (χ1n) is 4.59. The first kappa shape index (κ1) is 9.68. The molecular weight excluding hydrogens is 198 g/mol. The van der Waals surface area contributed by atoms with Crippen LogP contribution in [-0.4, -0.2) is 21.2 Å². The van der Waals surface area contributed by atoms with Crippen molar-refractivity contribution >= 4 is 10.0 Å². The van der Waals surface area contributed by atoms with Crippen molar-refractivity contribution < 1.29 is 8.42 Å². The topological polar surface area (TPSA) is 46.2 Å². The van der Waals surface area contributed by atoms with E-state index in [1.54, 1.807) is 0 Å². The number of nitrogens with one attached hydrogen (secondary N) is 1. The third-order valence-corrected chi connectivity index (χ3v) is 3.24. The van der Waals surface area contributed by atoms with Crippen molar-refractivity contribution in [2.24, 2.45) is 0 Å². The van der Waals surface area contributed by atoms with Gasteiger partial charge in [-0.1, -0.05) is 24.3 Å². The van der Waals surface area contributed by atoms with Gasteiger partial charge in [-0.05, 0) is 17.5 Å². The summed E-state index contributed by atoms with van der Waals surface area (Å²) in [6, 6.07) is 8.16. The van der Waals surface area contributed by atoms with E-state index >= 15 is 0 Å². The van der Waals surface area contributed by atoms with Crippen molar-refractivity contribution in [2.45, 2.75) is 12.3 Å². The Morgan fingerprint density at radius 2 is 2.14 bits per heavy atom. The van der Waals surface area contributed by atoms with E-state index in [-0.39, 0.29) is 0 Å². The Morgan fingerprint density at radius 1 is 1.43 bits per heavy atom. The number of benzene rings is 1. The van der Waals surface area contributed by atoms with Gasteiger partial charge in [0, 0.05) is 12.5 Å². The van der Waals surface area contributed by atoms with Gasteiger partial charge in [-0.25, -0.2) is 13.1 Å². The Hall–Kier alpha value is -0.870. The summed E-state index contributed by atoms with van der Waals surface area (Å²) in [4.78, 5) is 0. The minimum absolute atomic E-state index is 0.362. The highest BCUT2D eigenvalue weighted by Crippen LogP contribution is 2.33. The average Bonchev–Trinajstić information content (AvgIpc) is 2.04. The third-order valence-electron chi connectivity index (χ3n) is 2.55. The van der Waals surface area contributed by atoms with Gasteiger partial charge in [0.1, 0.15) is 0 Å². The van der Waals surface area contributed by atoms with Crippen LogP contribution in [0.1, 0.15) is 17.0 Å². The number of fused-ring (bicyclic) bond motifs is 1. The summed E-state index contributed by atoms with van der Waals surface area (Å²) in [6.45, 7) is 0.524. The maximum Gasteiger partial charge on any atom is 0.208 e. The van der Waals surface area contributed by atoms with Crippen molar-refractivity contribution in [3.8, 4) is 0 Å². The number of sulfonamides is 1. The smallest absolute Gasteiger partial charge is 0.208 e. The van der Waals surface area contributed by atoms with Crippen molar-refractivity contribution in [3.63, 3.8) is 0 Å². The lowest BCUT2D eigenvalue weighted by Crippen LogP contribution is -2.32. The normalized spacial score (nSPS) is 19.9. The summed E-state index contributed by atoms with van der Waals surface area (Å²) >= 11 is 0. The average molecular weight is 211 g/mol. The maximum atomic E-state index is 10.9. The molecule has 1 aromatic carbocycles. The zero-order chi connectivity index (χ0) is 10.2. The van der Waals surface area contributed by atoms with Gasteiger partial charge < -0.3 is 0 Å². The Morgan fingerprint density at radius 3 is 2.79 bits per heavy atom. The highest BCUT2D eigenvalue weighted by atomic mass is 32.2. The van der Waals surface area contributed by atoms with Gasteiger partial charge in [0.25, 0.3) is 0 Å². The molecule has 1 atom stereocenters. The molecule has 0 saturated carbocycles. The summed E-state index contributed by atoms with van der Waals surface area (Å²) in [5, 5.41) is 0. The van der Waals surface area contributed by atoms with Gasteiger partial charge in [-0.3, -0.25) is 0 Å². The minimum Gasteiger partial charge on any atom is -0.215 e.